The molecular formula is C17H32O6. The number of ether oxygens (including phenoxy) is 2. The summed E-state index contributed by atoms with van der Waals surface area (Å²) < 4.78 is 10.3. The SMILES string of the molecule is CCCCOC(=O)C(C)(CC)CC(C)(C)C(=O)OCC(O)CO. The van der Waals surface area contributed by atoms with Gasteiger partial charge in [-0.15, -0.1) is 0 Å². The molecule has 0 aliphatic carbocycles. The van der Waals surface area contributed by atoms with E-state index in [4.69, 9.17) is 14.6 Å². The first-order valence-electron chi connectivity index (χ1n) is 8.26. The summed E-state index contributed by atoms with van der Waals surface area (Å²) in [6, 6.07) is 0. The zero-order valence-electron chi connectivity index (χ0n) is 15.1. The van der Waals surface area contributed by atoms with Gasteiger partial charge in [0.1, 0.15) is 12.7 Å². The van der Waals surface area contributed by atoms with Crippen LogP contribution in [-0.2, 0) is 19.1 Å². The van der Waals surface area contributed by atoms with E-state index in [9.17, 15) is 14.7 Å². The monoisotopic (exact) mass is 332 g/mol. The van der Waals surface area contributed by atoms with Gasteiger partial charge in [0, 0.05) is 0 Å². The van der Waals surface area contributed by atoms with E-state index in [1.54, 1.807) is 20.8 Å². The number of unbranched alkanes of at least 4 members (excludes halogenated alkanes) is 1. The topological polar surface area (TPSA) is 93.1 Å². The molecule has 0 saturated heterocycles. The van der Waals surface area contributed by atoms with Crippen molar-refractivity contribution in [1.29, 1.82) is 0 Å². The second-order valence-corrected chi connectivity index (χ2v) is 6.90. The number of hydrogen-bond acceptors (Lipinski definition) is 6. The van der Waals surface area contributed by atoms with Crippen LogP contribution in [0.5, 0.6) is 0 Å². The van der Waals surface area contributed by atoms with E-state index in [1.165, 1.54) is 0 Å². The third-order valence-corrected chi connectivity index (χ3v) is 4.01. The number of esters is 2. The van der Waals surface area contributed by atoms with Crippen molar-refractivity contribution in [2.75, 3.05) is 19.8 Å². The van der Waals surface area contributed by atoms with Crippen LogP contribution in [0.4, 0.5) is 0 Å². The van der Waals surface area contributed by atoms with Crippen LogP contribution in [0.3, 0.4) is 0 Å². The molecule has 0 aromatic rings. The molecule has 0 aromatic heterocycles. The second kappa shape index (κ2) is 9.88. The van der Waals surface area contributed by atoms with Gasteiger partial charge < -0.3 is 19.7 Å². The van der Waals surface area contributed by atoms with Gasteiger partial charge in [-0.25, -0.2) is 0 Å². The molecule has 2 atom stereocenters. The molecule has 0 rings (SSSR count). The molecule has 0 fully saturated rings. The predicted molar refractivity (Wildman–Crippen MR) is 86.7 cm³/mol. The lowest BCUT2D eigenvalue weighted by Crippen LogP contribution is -2.39. The molecule has 6 nitrogen and oxygen atoms in total. The van der Waals surface area contributed by atoms with E-state index >= 15 is 0 Å². The number of carbonyl (C=O) groups is 2. The van der Waals surface area contributed by atoms with E-state index in [-0.39, 0.29) is 19.0 Å². The Morgan fingerprint density at radius 1 is 1.09 bits per heavy atom. The Bertz CT molecular complexity index is 379. The van der Waals surface area contributed by atoms with Gasteiger partial charge in [0.25, 0.3) is 0 Å². The van der Waals surface area contributed by atoms with Crippen molar-refractivity contribution < 1.29 is 29.3 Å². The summed E-state index contributed by atoms with van der Waals surface area (Å²) in [5, 5.41) is 18.0. The van der Waals surface area contributed by atoms with E-state index in [0.29, 0.717) is 13.0 Å². The number of aliphatic hydroxyl groups is 2. The maximum Gasteiger partial charge on any atom is 0.311 e. The normalized spacial score (nSPS) is 15.6. The summed E-state index contributed by atoms with van der Waals surface area (Å²) in [4.78, 5) is 24.5. The van der Waals surface area contributed by atoms with E-state index in [1.807, 2.05) is 13.8 Å². The van der Waals surface area contributed by atoms with Gasteiger partial charge in [-0.3, -0.25) is 9.59 Å². The standard InChI is InChI=1S/C17H32O6/c1-6-8-9-22-15(21)17(5,7-2)12-16(3,4)14(20)23-11-13(19)10-18/h13,18-19H,6-12H2,1-5H3. The molecule has 0 bridgehead atoms. The Morgan fingerprint density at radius 2 is 1.70 bits per heavy atom. The zero-order valence-corrected chi connectivity index (χ0v) is 15.1. The van der Waals surface area contributed by atoms with Crippen LogP contribution >= 0.6 is 0 Å². The van der Waals surface area contributed by atoms with Crippen LogP contribution in [0.1, 0.15) is 60.3 Å². The average Bonchev–Trinajstić information content (AvgIpc) is 2.51. The van der Waals surface area contributed by atoms with Crippen molar-refractivity contribution >= 4 is 11.9 Å². The smallest absolute Gasteiger partial charge is 0.311 e. The molecule has 0 spiro atoms. The van der Waals surface area contributed by atoms with Gasteiger partial charge in [-0.05, 0) is 40.0 Å². The quantitative estimate of drug-likeness (QED) is 0.444. The largest absolute Gasteiger partial charge is 0.465 e. The van der Waals surface area contributed by atoms with Gasteiger partial charge in [-0.1, -0.05) is 20.3 Å². The summed E-state index contributed by atoms with van der Waals surface area (Å²) in [6.07, 6.45) is 1.51. The molecule has 0 aliphatic rings. The molecule has 6 heteroatoms. The van der Waals surface area contributed by atoms with Crippen LogP contribution in [0, 0.1) is 10.8 Å². The fraction of sp³-hybridized carbons (Fsp3) is 0.882. The Labute approximate surface area is 139 Å². The number of aliphatic hydroxyl groups excluding tert-OH is 2. The van der Waals surface area contributed by atoms with Crippen LogP contribution in [-0.4, -0.2) is 48.1 Å². The Morgan fingerprint density at radius 3 is 2.17 bits per heavy atom. The van der Waals surface area contributed by atoms with Crippen molar-refractivity contribution in [3.63, 3.8) is 0 Å². The second-order valence-electron chi connectivity index (χ2n) is 6.90. The molecule has 0 saturated carbocycles. The van der Waals surface area contributed by atoms with Gasteiger partial charge >= 0.3 is 11.9 Å². The van der Waals surface area contributed by atoms with Gasteiger partial charge in [0.2, 0.25) is 0 Å². The minimum absolute atomic E-state index is 0.261. The van der Waals surface area contributed by atoms with Crippen molar-refractivity contribution in [3.8, 4) is 0 Å². The van der Waals surface area contributed by atoms with Crippen LogP contribution in [0.2, 0.25) is 0 Å². The highest BCUT2D eigenvalue weighted by atomic mass is 16.5. The molecule has 23 heavy (non-hydrogen) atoms. The third kappa shape index (κ3) is 7.31. The minimum Gasteiger partial charge on any atom is -0.465 e. The lowest BCUT2D eigenvalue weighted by molar-refractivity contribution is -0.165. The highest BCUT2D eigenvalue weighted by Crippen LogP contribution is 2.38. The molecule has 136 valence electrons. The summed E-state index contributed by atoms with van der Waals surface area (Å²) in [6.45, 7) is 8.76. The highest BCUT2D eigenvalue weighted by molar-refractivity contribution is 5.80. The molecule has 0 aliphatic heterocycles. The number of carbonyl (C=O) groups excluding carboxylic acids is 2. The molecule has 0 amide bonds. The Balaban J connectivity index is 4.78. The zero-order chi connectivity index (χ0) is 18.1. The van der Waals surface area contributed by atoms with Crippen molar-refractivity contribution in [2.45, 2.75) is 66.4 Å². The van der Waals surface area contributed by atoms with Gasteiger partial charge in [-0.2, -0.15) is 0 Å². The first-order valence-corrected chi connectivity index (χ1v) is 8.26. The van der Waals surface area contributed by atoms with E-state index in [2.05, 4.69) is 0 Å². The van der Waals surface area contributed by atoms with E-state index in [0.717, 1.165) is 12.8 Å². The molecular weight excluding hydrogens is 300 g/mol. The average molecular weight is 332 g/mol. The molecule has 0 aromatic carbocycles. The summed E-state index contributed by atoms with van der Waals surface area (Å²) in [7, 11) is 0. The summed E-state index contributed by atoms with van der Waals surface area (Å²) in [5.41, 5.74) is -1.67. The van der Waals surface area contributed by atoms with E-state index < -0.39 is 29.5 Å². The maximum atomic E-state index is 12.3. The lowest BCUT2D eigenvalue weighted by atomic mass is 9.72. The van der Waals surface area contributed by atoms with Crippen molar-refractivity contribution in [1.82, 2.24) is 0 Å². The van der Waals surface area contributed by atoms with Crippen molar-refractivity contribution in [3.05, 3.63) is 0 Å². The molecule has 2 N–H and O–H groups in total. The van der Waals surface area contributed by atoms with Crippen LogP contribution in [0.25, 0.3) is 0 Å². The predicted octanol–water partition coefficient (Wildman–Crippen LogP) is 2.06. The highest BCUT2D eigenvalue weighted by Gasteiger charge is 2.42. The Hall–Kier alpha value is -1.14. The first kappa shape index (κ1) is 21.9. The van der Waals surface area contributed by atoms with Crippen molar-refractivity contribution in [2.24, 2.45) is 10.8 Å². The third-order valence-electron chi connectivity index (χ3n) is 4.01. The number of rotatable bonds is 11. The van der Waals surface area contributed by atoms with Gasteiger partial charge in [0.05, 0.1) is 24.0 Å². The number of hydrogen-bond donors (Lipinski definition) is 2. The molecule has 2 unspecified atom stereocenters. The maximum absolute atomic E-state index is 12.3. The minimum atomic E-state index is -1.09. The molecule has 0 heterocycles. The fourth-order valence-corrected chi connectivity index (χ4v) is 2.29. The molecule has 0 radical (unpaired) electrons. The fourth-order valence-electron chi connectivity index (χ4n) is 2.29. The van der Waals surface area contributed by atoms with Crippen LogP contribution in [0.15, 0.2) is 0 Å². The summed E-state index contributed by atoms with van der Waals surface area (Å²) >= 11 is 0. The first-order chi connectivity index (χ1) is 10.6. The Kier molecular flexibility index (Phi) is 9.39. The lowest BCUT2D eigenvalue weighted by Gasteiger charge is -2.33. The van der Waals surface area contributed by atoms with Gasteiger partial charge in [0.15, 0.2) is 0 Å². The summed E-state index contributed by atoms with van der Waals surface area (Å²) in [5.74, 6) is -0.809. The van der Waals surface area contributed by atoms with Crippen LogP contribution < -0.4 is 0 Å².